The van der Waals surface area contributed by atoms with Gasteiger partial charge >= 0.3 is 12.0 Å². The van der Waals surface area contributed by atoms with Gasteiger partial charge < -0.3 is 10.1 Å². The molecular formula is C16H20N2O3. The molecule has 1 aromatic carbocycles. The van der Waals surface area contributed by atoms with Gasteiger partial charge in [0.25, 0.3) is 0 Å². The predicted molar refractivity (Wildman–Crippen MR) is 79.5 cm³/mol. The van der Waals surface area contributed by atoms with Gasteiger partial charge in [-0.3, -0.25) is 4.90 Å². The number of hydrogen-bond donors (Lipinski definition) is 1. The molecule has 1 aromatic rings. The Kier molecular flexibility index (Phi) is 4.31. The van der Waals surface area contributed by atoms with Gasteiger partial charge in [0, 0.05) is 12.2 Å². The SMILES string of the molecule is CCN1C(=O)N[C@@H](c2cccc(C)c2)C(C(=O)OC)=C1C. The summed E-state index contributed by atoms with van der Waals surface area (Å²) in [5.74, 6) is -0.419. The molecule has 2 rings (SSSR count). The maximum atomic E-state index is 12.2. The van der Waals surface area contributed by atoms with Crippen molar-refractivity contribution in [3.8, 4) is 0 Å². The molecule has 0 saturated carbocycles. The average molecular weight is 288 g/mol. The van der Waals surface area contributed by atoms with Crippen molar-refractivity contribution in [2.75, 3.05) is 13.7 Å². The molecule has 0 spiro atoms. The van der Waals surface area contributed by atoms with E-state index in [9.17, 15) is 9.59 Å². The van der Waals surface area contributed by atoms with Crippen LogP contribution in [-0.2, 0) is 9.53 Å². The molecule has 0 aromatic heterocycles. The Morgan fingerprint density at radius 2 is 2.10 bits per heavy atom. The van der Waals surface area contributed by atoms with Crippen molar-refractivity contribution in [3.05, 3.63) is 46.7 Å². The minimum Gasteiger partial charge on any atom is -0.466 e. The van der Waals surface area contributed by atoms with Gasteiger partial charge in [0.1, 0.15) is 0 Å². The third-order valence-electron chi connectivity index (χ3n) is 3.69. The first-order valence-corrected chi connectivity index (χ1v) is 6.93. The van der Waals surface area contributed by atoms with E-state index in [-0.39, 0.29) is 6.03 Å². The predicted octanol–water partition coefficient (Wildman–Crippen LogP) is 2.53. The molecule has 5 heteroatoms. The van der Waals surface area contributed by atoms with E-state index in [2.05, 4.69) is 5.32 Å². The highest BCUT2D eigenvalue weighted by Gasteiger charge is 2.35. The van der Waals surface area contributed by atoms with Crippen LogP contribution in [0.15, 0.2) is 35.5 Å². The number of amides is 2. The van der Waals surface area contributed by atoms with Crippen molar-refractivity contribution in [2.45, 2.75) is 26.8 Å². The van der Waals surface area contributed by atoms with Crippen LogP contribution in [-0.4, -0.2) is 30.6 Å². The second-order valence-corrected chi connectivity index (χ2v) is 5.03. The molecule has 1 aliphatic heterocycles. The van der Waals surface area contributed by atoms with Crippen molar-refractivity contribution in [2.24, 2.45) is 0 Å². The van der Waals surface area contributed by atoms with E-state index in [1.807, 2.05) is 38.1 Å². The molecule has 112 valence electrons. The van der Waals surface area contributed by atoms with E-state index < -0.39 is 12.0 Å². The Labute approximate surface area is 124 Å². The number of nitrogens with one attached hydrogen (secondary N) is 1. The highest BCUT2D eigenvalue weighted by Crippen LogP contribution is 2.31. The molecule has 0 unspecified atom stereocenters. The van der Waals surface area contributed by atoms with Crippen LogP contribution in [0.1, 0.15) is 31.0 Å². The molecule has 1 heterocycles. The smallest absolute Gasteiger partial charge is 0.337 e. The standard InChI is InChI=1S/C16H20N2O3/c1-5-18-11(3)13(15(19)21-4)14(17-16(18)20)12-8-6-7-10(2)9-12/h6-9,14H,5H2,1-4H3,(H,17,20)/t14-/m0/s1. The molecule has 2 amide bonds. The molecule has 21 heavy (non-hydrogen) atoms. The minimum atomic E-state index is -0.479. The average Bonchev–Trinajstić information content (AvgIpc) is 2.46. The first-order valence-electron chi connectivity index (χ1n) is 6.93. The van der Waals surface area contributed by atoms with E-state index in [0.29, 0.717) is 17.8 Å². The topological polar surface area (TPSA) is 58.6 Å². The lowest BCUT2D eigenvalue weighted by atomic mass is 9.94. The molecule has 1 N–H and O–H groups in total. The number of hydrogen-bond acceptors (Lipinski definition) is 3. The van der Waals surface area contributed by atoms with Gasteiger partial charge in [0.05, 0.1) is 18.7 Å². The van der Waals surface area contributed by atoms with Crippen molar-refractivity contribution in [1.82, 2.24) is 10.2 Å². The zero-order valence-electron chi connectivity index (χ0n) is 12.8. The minimum absolute atomic E-state index is 0.200. The van der Waals surface area contributed by atoms with Gasteiger partial charge in [-0.25, -0.2) is 9.59 Å². The van der Waals surface area contributed by atoms with Crippen LogP contribution in [0.2, 0.25) is 0 Å². The quantitative estimate of drug-likeness (QED) is 0.869. The van der Waals surface area contributed by atoms with E-state index in [0.717, 1.165) is 11.1 Å². The maximum absolute atomic E-state index is 12.2. The number of rotatable bonds is 3. The summed E-state index contributed by atoms with van der Waals surface area (Å²) in [5, 5.41) is 2.88. The second kappa shape index (κ2) is 5.99. The number of allylic oxidation sites excluding steroid dienone is 1. The van der Waals surface area contributed by atoms with E-state index in [4.69, 9.17) is 4.74 Å². The summed E-state index contributed by atoms with van der Waals surface area (Å²) < 4.78 is 4.90. The molecule has 0 bridgehead atoms. The first-order chi connectivity index (χ1) is 9.99. The van der Waals surface area contributed by atoms with Crippen molar-refractivity contribution >= 4 is 12.0 Å². The summed E-state index contributed by atoms with van der Waals surface area (Å²) in [7, 11) is 1.35. The van der Waals surface area contributed by atoms with E-state index in [1.54, 1.807) is 11.8 Å². The van der Waals surface area contributed by atoms with Crippen LogP contribution in [0, 0.1) is 6.92 Å². The van der Waals surface area contributed by atoms with Crippen molar-refractivity contribution in [1.29, 1.82) is 0 Å². The lowest BCUT2D eigenvalue weighted by Gasteiger charge is -2.34. The molecule has 5 nitrogen and oxygen atoms in total. The summed E-state index contributed by atoms with van der Waals surface area (Å²) in [5.41, 5.74) is 3.06. The summed E-state index contributed by atoms with van der Waals surface area (Å²) in [6.45, 7) is 6.11. The van der Waals surface area contributed by atoms with E-state index in [1.165, 1.54) is 7.11 Å². The summed E-state index contributed by atoms with van der Waals surface area (Å²) in [4.78, 5) is 25.9. The first kappa shape index (κ1) is 15.1. The number of benzene rings is 1. The normalized spacial score (nSPS) is 18.6. The molecule has 0 aliphatic carbocycles. The van der Waals surface area contributed by atoms with Crippen LogP contribution in [0.3, 0.4) is 0 Å². The molecule has 1 atom stereocenters. The number of urea groups is 1. The summed E-state index contributed by atoms with van der Waals surface area (Å²) >= 11 is 0. The number of ether oxygens (including phenoxy) is 1. The zero-order chi connectivity index (χ0) is 15.6. The molecular weight excluding hydrogens is 268 g/mol. The van der Waals surface area contributed by atoms with Crippen molar-refractivity contribution in [3.63, 3.8) is 0 Å². The number of esters is 1. The monoisotopic (exact) mass is 288 g/mol. The third-order valence-corrected chi connectivity index (χ3v) is 3.69. The lowest BCUT2D eigenvalue weighted by Crippen LogP contribution is -2.47. The fourth-order valence-corrected chi connectivity index (χ4v) is 2.64. The van der Waals surface area contributed by atoms with Gasteiger partial charge in [0.15, 0.2) is 0 Å². The van der Waals surface area contributed by atoms with Crippen LogP contribution >= 0.6 is 0 Å². The van der Waals surface area contributed by atoms with Gasteiger partial charge in [-0.1, -0.05) is 29.8 Å². The molecule has 0 fully saturated rings. The Hall–Kier alpha value is -2.30. The summed E-state index contributed by atoms with van der Waals surface area (Å²) in [6.07, 6.45) is 0. The van der Waals surface area contributed by atoms with Crippen LogP contribution in [0.5, 0.6) is 0 Å². The number of nitrogens with zero attached hydrogens (tertiary/aromatic N) is 1. The molecule has 0 radical (unpaired) electrons. The molecule has 0 saturated heterocycles. The largest absolute Gasteiger partial charge is 0.466 e. The van der Waals surface area contributed by atoms with Crippen LogP contribution in [0.4, 0.5) is 4.79 Å². The van der Waals surface area contributed by atoms with Crippen LogP contribution < -0.4 is 5.32 Å². The van der Waals surface area contributed by atoms with Gasteiger partial charge in [-0.05, 0) is 26.3 Å². The van der Waals surface area contributed by atoms with Gasteiger partial charge in [0.2, 0.25) is 0 Å². The lowest BCUT2D eigenvalue weighted by molar-refractivity contribution is -0.136. The Morgan fingerprint density at radius 1 is 1.38 bits per heavy atom. The van der Waals surface area contributed by atoms with Gasteiger partial charge in [-0.15, -0.1) is 0 Å². The Bertz CT molecular complexity index is 607. The number of carbonyl (C=O) groups is 2. The third kappa shape index (κ3) is 2.77. The zero-order valence-corrected chi connectivity index (χ0v) is 12.8. The molecule has 1 aliphatic rings. The number of aryl methyl sites for hydroxylation is 1. The highest BCUT2D eigenvalue weighted by molar-refractivity contribution is 5.94. The van der Waals surface area contributed by atoms with E-state index >= 15 is 0 Å². The number of methoxy groups -OCH3 is 1. The summed E-state index contributed by atoms with van der Waals surface area (Å²) in [6, 6.07) is 7.06. The Balaban J connectivity index is 2.55. The Morgan fingerprint density at radius 3 is 2.67 bits per heavy atom. The van der Waals surface area contributed by atoms with Crippen LogP contribution in [0.25, 0.3) is 0 Å². The highest BCUT2D eigenvalue weighted by atomic mass is 16.5. The van der Waals surface area contributed by atoms with Crippen molar-refractivity contribution < 1.29 is 14.3 Å². The fourth-order valence-electron chi connectivity index (χ4n) is 2.64. The maximum Gasteiger partial charge on any atom is 0.337 e. The fraction of sp³-hybridized carbons (Fsp3) is 0.375. The van der Waals surface area contributed by atoms with Gasteiger partial charge in [-0.2, -0.15) is 0 Å². The number of carbonyl (C=O) groups excluding carboxylic acids is 2. The second-order valence-electron chi connectivity index (χ2n) is 5.03.